The summed E-state index contributed by atoms with van der Waals surface area (Å²) in [4.78, 5) is 0. The first-order chi connectivity index (χ1) is 19.3. The molecule has 0 aliphatic carbocycles. The van der Waals surface area contributed by atoms with Crippen molar-refractivity contribution in [3.8, 4) is 22.3 Å². The van der Waals surface area contributed by atoms with E-state index in [2.05, 4.69) is 92.6 Å². The number of rotatable bonds is 2. The predicted octanol–water partition coefficient (Wildman–Crippen LogP) is 4.78. The molecule has 1 aromatic heterocycles. The third kappa shape index (κ3) is 4.99. The molecule has 5 rings (SSSR count). The van der Waals surface area contributed by atoms with E-state index in [0.29, 0.717) is 16.5 Å². The van der Waals surface area contributed by atoms with Gasteiger partial charge in [-0.05, 0) is 67.3 Å². The van der Waals surface area contributed by atoms with Gasteiger partial charge >= 0.3 is 0 Å². The van der Waals surface area contributed by atoms with Crippen molar-refractivity contribution in [1.82, 2.24) is 0 Å². The molecule has 0 bridgehead atoms. The van der Waals surface area contributed by atoms with Gasteiger partial charge in [-0.3, -0.25) is 0 Å². The zero-order valence-electron chi connectivity index (χ0n) is 26.4. The quantitative estimate of drug-likeness (QED) is 0.296. The standard InChI is InChI=1S/C36H35B5O/c1-34(2,3)19-15-18(16-20(17-19)35(4,5)6)21-11-10-12-23-25(21)27-24(42-23)14-13-22(28(27)36(7,8)9)26-29(37)31(39)33(41)32(40)30(26)38/h10-17H,1-9H3. The minimum Gasteiger partial charge on any atom is -0.456 e. The van der Waals surface area contributed by atoms with E-state index in [0.717, 1.165) is 44.2 Å². The molecule has 4 aromatic carbocycles. The van der Waals surface area contributed by atoms with Crippen molar-refractivity contribution in [2.24, 2.45) is 0 Å². The van der Waals surface area contributed by atoms with Crippen LogP contribution in [-0.4, -0.2) is 39.2 Å². The minimum atomic E-state index is -0.327. The van der Waals surface area contributed by atoms with Crippen molar-refractivity contribution in [3.63, 3.8) is 0 Å². The van der Waals surface area contributed by atoms with Crippen molar-refractivity contribution >= 4 is 88.5 Å². The summed E-state index contributed by atoms with van der Waals surface area (Å²) >= 11 is 0. The van der Waals surface area contributed by atoms with Crippen LogP contribution >= 0.6 is 0 Å². The van der Waals surface area contributed by atoms with E-state index in [1.54, 1.807) is 0 Å². The summed E-state index contributed by atoms with van der Waals surface area (Å²) in [6, 6.07) is 17.3. The highest BCUT2D eigenvalue weighted by atomic mass is 16.3. The molecular formula is C36H35B5O. The fourth-order valence-corrected chi connectivity index (χ4v) is 5.93. The van der Waals surface area contributed by atoms with Crippen LogP contribution in [0.3, 0.4) is 0 Å². The molecule has 0 spiro atoms. The van der Waals surface area contributed by atoms with E-state index in [-0.39, 0.29) is 32.6 Å². The average Bonchev–Trinajstić information content (AvgIpc) is 3.27. The Morgan fingerprint density at radius 3 is 1.50 bits per heavy atom. The minimum absolute atomic E-state index is 0.0177. The van der Waals surface area contributed by atoms with E-state index in [1.165, 1.54) is 11.1 Å². The van der Waals surface area contributed by atoms with Gasteiger partial charge < -0.3 is 4.42 Å². The number of hydrogen-bond acceptors (Lipinski definition) is 1. The maximum absolute atomic E-state index is 6.60. The first-order valence-electron chi connectivity index (χ1n) is 14.5. The Morgan fingerprint density at radius 1 is 0.500 bits per heavy atom. The van der Waals surface area contributed by atoms with Crippen LogP contribution in [0, 0.1) is 0 Å². The molecule has 0 aliphatic heterocycles. The van der Waals surface area contributed by atoms with Gasteiger partial charge in [-0.2, -0.15) is 0 Å². The Kier molecular flexibility index (Phi) is 7.28. The SMILES string of the molecule is [B]c1c([B])c([B])c(-c2ccc3oc4cccc(-c5cc(C(C)(C)C)cc(C(C)(C)C)c5)c4c3c2C(C)(C)C)c([B])c1[B]. The van der Waals surface area contributed by atoms with Gasteiger partial charge in [-0.1, -0.05) is 110 Å². The van der Waals surface area contributed by atoms with E-state index in [4.69, 9.17) is 43.6 Å². The fourth-order valence-electron chi connectivity index (χ4n) is 5.93. The van der Waals surface area contributed by atoms with Gasteiger partial charge in [0.05, 0.1) is 0 Å². The second-order valence-corrected chi connectivity index (χ2v) is 14.6. The topological polar surface area (TPSA) is 13.1 Å². The molecule has 0 saturated heterocycles. The van der Waals surface area contributed by atoms with Crippen LogP contribution in [0.4, 0.5) is 0 Å². The molecule has 1 nitrogen and oxygen atoms in total. The first-order valence-corrected chi connectivity index (χ1v) is 14.5. The molecule has 5 aromatic rings. The highest BCUT2D eigenvalue weighted by molar-refractivity contribution is 6.68. The van der Waals surface area contributed by atoms with Crippen LogP contribution in [-0.2, 0) is 16.2 Å². The molecule has 10 radical (unpaired) electrons. The van der Waals surface area contributed by atoms with Crippen LogP contribution < -0.4 is 27.3 Å². The van der Waals surface area contributed by atoms with Gasteiger partial charge in [0.2, 0.25) is 0 Å². The van der Waals surface area contributed by atoms with Crippen molar-refractivity contribution in [2.45, 2.75) is 78.6 Å². The molecule has 0 aliphatic rings. The maximum atomic E-state index is 6.60. The third-order valence-corrected chi connectivity index (χ3v) is 8.36. The van der Waals surface area contributed by atoms with Crippen LogP contribution in [0.25, 0.3) is 44.2 Å². The van der Waals surface area contributed by atoms with Gasteiger partial charge in [0, 0.05) is 10.8 Å². The molecule has 200 valence electrons. The molecule has 6 heteroatoms. The van der Waals surface area contributed by atoms with Gasteiger partial charge in [-0.15, -0.1) is 16.4 Å². The van der Waals surface area contributed by atoms with Gasteiger partial charge in [0.15, 0.2) is 0 Å². The number of hydrogen-bond donors (Lipinski definition) is 0. The molecule has 42 heavy (non-hydrogen) atoms. The highest BCUT2D eigenvalue weighted by Crippen LogP contribution is 2.46. The summed E-state index contributed by atoms with van der Waals surface area (Å²) in [6.07, 6.45) is 0. The Bertz CT molecular complexity index is 1810. The fraction of sp³-hybridized carbons (Fsp3) is 0.333. The molecule has 0 amide bonds. The highest BCUT2D eigenvalue weighted by Gasteiger charge is 2.29. The molecular weight excluding hydrogens is 502 g/mol. The van der Waals surface area contributed by atoms with Gasteiger partial charge in [-0.25, -0.2) is 0 Å². The van der Waals surface area contributed by atoms with E-state index in [9.17, 15) is 0 Å². The van der Waals surface area contributed by atoms with Crippen LogP contribution in [0.1, 0.15) is 79.0 Å². The van der Waals surface area contributed by atoms with Crippen molar-refractivity contribution in [2.75, 3.05) is 0 Å². The maximum Gasteiger partial charge on any atom is 0.136 e. The molecule has 0 saturated carbocycles. The zero-order chi connectivity index (χ0) is 31.1. The Balaban J connectivity index is 1.97. The first kappa shape index (κ1) is 30.5. The largest absolute Gasteiger partial charge is 0.456 e. The second-order valence-electron chi connectivity index (χ2n) is 14.6. The molecule has 1 heterocycles. The summed E-state index contributed by atoms with van der Waals surface area (Å²) in [5, 5.41) is 2.08. The Labute approximate surface area is 258 Å². The van der Waals surface area contributed by atoms with E-state index in [1.807, 2.05) is 18.2 Å². The number of furan rings is 1. The molecule has 0 N–H and O–H groups in total. The molecule has 0 unspecified atom stereocenters. The van der Waals surface area contributed by atoms with Crippen molar-refractivity contribution in [1.29, 1.82) is 0 Å². The summed E-state index contributed by atoms with van der Waals surface area (Å²) < 4.78 is 6.53. The summed E-state index contributed by atoms with van der Waals surface area (Å²) in [7, 11) is 32.0. The van der Waals surface area contributed by atoms with Crippen molar-refractivity contribution < 1.29 is 4.42 Å². The van der Waals surface area contributed by atoms with Crippen LogP contribution in [0.5, 0.6) is 0 Å². The summed E-state index contributed by atoms with van der Waals surface area (Å²) in [6.45, 7) is 20.1. The number of fused-ring (bicyclic) bond motifs is 3. The van der Waals surface area contributed by atoms with Crippen molar-refractivity contribution in [3.05, 3.63) is 65.2 Å². The van der Waals surface area contributed by atoms with E-state index < -0.39 is 0 Å². The van der Waals surface area contributed by atoms with E-state index >= 15 is 0 Å². The van der Waals surface area contributed by atoms with Gasteiger partial charge in [0.25, 0.3) is 0 Å². The lowest BCUT2D eigenvalue weighted by Crippen LogP contribution is -2.55. The normalized spacial score (nSPS) is 12.9. The summed E-state index contributed by atoms with van der Waals surface area (Å²) in [5.74, 6) is 0. The Hall–Kier alpha value is -3.00. The molecule has 0 atom stereocenters. The lowest BCUT2D eigenvalue weighted by Gasteiger charge is -2.29. The monoisotopic (exact) mass is 538 g/mol. The predicted molar refractivity (Wildman–Crippen MR) is 188 cm³/mol. The van der Waals surface area contributed by atoms with Gasteiger partial charge in [0.1, 0.15) is 50.4 Å². The molecule has 0 fully saturated rings. The third-order valence-electron chi connectivity index (χ3n) is 8.36. The lowest BCUT2D eigenvalue weighted by atomic mass is 9.59. The lowest BCUT2D eigenvalue weighted by molar-refractivity contribution is 0.569. The Morgan fingerprint density at radius 2 is 1.00 bits per heavy atom. The zero-order valence-corrected chi connectivity index (χ0v) is 26.4. The van der Waals surface area contributed by atoms with Crippen LogP contribution in [0.15, 0.2) is 52.9 Å². The smallest absolute Gasteiger partial charge is 0.136 e. The summed E-state index contributed by atoms with van der Waals surface area (Å²) in [5.41, 5.74) is 9.95. The average molecular weight is 538 g/mol. The van der Waals surface area contributed by atoms with Crippen LogP contribution in [0.2, 0.25) is 0 Å². The second kappa shape index (κ2) is 10.0. The number of benzene rings is 4.